The molecule has 0 bridgehead atoms. The monoisotopic (exact) mass is 341 g/mol. The molecule has 0 saturated carbocycles. The second-order valence-corrected chi connectivity index (χ2v) is 6.35. The third-order valence-electron chi connectivity index (χ3n) is 3.96. The molecule has 1 fully saturated rings. The first-order valence-electron chi connectivity index (χ1n) is 7.63. The number of rotatable bonds is 3. The number of amides is 1. The van der Waals surface area contributed by atoms with Gasteiger partial charge in [0.25, 0.3) is 5.91 Å². The van der Waals surface area contributed by atoms with E-state index in [1.165, 1.54) is 17.7 Å². The van der Waals surface area contributed by atoms with Gasteiger partial charge < -0.3 is 14.2 Å². The molecule has 7 heteroatoms. The summed E-state index contributed by atoms with van der Waals surface area (Å²) in [6.45, 7) is 1.43. The Labute approximate surface area is 142 Å². The maximum atomic E-state index is 13.0. The third-order valence-corrected chi connectivity index (χ3v) is 4.87. The highest BCUT2D eigenvalue weighted by Gasteiger charge is 2.30. The van der Waals surface area contributed by atoms with E-state index in [1.807, 2.05) is 41.8 Å². The number of hydrogen-bond donors (Lipinski definition) is 0. The summed E-state index contributed by atoms with van der Waals surface area (Å²) in [5.41, 5.74) is 2.01. The number of carbonyl (C=O) groups is 1. The van der Waals surface area contributed by atoms with Gasteiger partial charge in [-0.05, 0) is 17.0 Å². The normalized spacial score (nSPS) is 17.8. The van der Waals surface area contributed by atoms with Crippen molar-refractivity contribution in [2.45, 2.75) is 6.10 Å². The number of carbonyl (C=O) groups excluding carboxylic acids is 1. The van der Waals surface area contributed by atoms with Crippen LogP contribution in [-0.4, -0.2) is 40.6 Å². The summed E-state index contributed by atoms with van der Waals surface area (Å²) in [5.74, 6) is 0.489. The quantitative estimate of drug-likeness (QED) is 0.732. The van der Waals surface area contributed by atoms with Crippen LogP contribution in [0.25, 0.3) is 11.1 Å². The molecule has 0 spiro atoms. The van der Waals surface area contributed by atoms with Crippen LogP contribution in [0.15, 0.2) is 52.7 Å². The van der Waals surface area contributed by atoms with E-state index in [0.717, 1.165) is 16.0 Å². The van der Waals surface area contributed by atoms with Gasteiger partial charge in [-0.3, -0.25) is 4.79 Å². The van der Waals surface area contributed by atoms with Crippen molar-refractivity contribution in [2.24, 2.45) is 0 Å². The predicted molar refractivity (Wildman–Crippen MR) is 88.6 cm³/mol. The van der Waals surface area contributed by atoms with Crippen LogP contribution in [0.1, 0.15) is 21.6 Å². The topological polar surface area (TPSA) is 68.5 Å². The average Bonchev–Trinajstić information content (AvgIpc) is 3.34. The van der Waals surface area contributed by atoms with E-state index >= 15 is 0 Å². The Bertz CT molecular complexity index is 817. The molecular formula is C17H15N3O3S. The molecule has 1 aliphatic heterocycles. The summed E-state index contributed by atoms with van der Waals surface area (Å²) in [6.07, 6.45) is 0.924. The van der Waals surface area contributed by atoms with Crippen molar-refractivity contribution in [3.05, 3.63) is 58.9 Å². The lowest BCUT2D eigenvalue weighted by atomic mass is 10.1. The summed E-state index contributed by atoms with van der Waals surface area (Å²) >= 11 is 1.46. The van der Waals surface area contributed by atoms with Gasteiger partial charge in [0.1, 0.15) is 6.10 Å². The van der Waals surface area contributed by atoms with Crippen LogP contribution in [-0.2, 0) is 4.74 Å². The Morgan fingerprint density at radius 2 is 2.12 bits per heavy atom. The fourth-order valence-corrected chi connectivity index (χ4v) is 3.66. The highest BCUT2D eigenvalue weighted by atomic mass is 32.1. The number of nitrogens with zero attached hydrogens (tertiary/aromatic N) is 3. The van der Waals surface area contributed by atoms with Gasteiger partial charge in [0.2, 0.25) is 12.2 Å². The highest BCUT2D eigenvalue weighted by molar-refractivity contribution is 7.12. The van der Waals surface area contributed by atoms with Gasteiger partial charge in [0.15, 0.2) is 0 Å². The fraction of sp³-hybridized carbons (Fsp3) is 0.235. The smallest absolute Gasteiger partial charge is 0.264 e. The molecule has 0 N–H and O–H groups in total. The molecule has 0 radical (unpaired) electrons. The average molecular weight is 341 g/mol. The second kappa shape index (κ2) is 6.54. The van der Waals surface area contributed by atoms with Crippen LogP contribution >= 0.6 is 11.3 Å². The van der Waals surface area contributed by atoms with Gasteiger partial charge >= 0.3 is 0 Å². The lowest BCUT2D eigenvalue weighted by Gasteiger charge is -2.31. The molecule has 1 amide bonds. The molecular weight excluding hydrogens is 326 g/mol. The van der Waals surface area contributed by atoms with Gasteiger partial charge in [-0.1, -0.05) is 35.5 Å². The summed E-state index contributed by atoms with van der Waals surface area (Å²) in [5, 5.41) is 5.77. The molecule has 24 heavy (non-hydrogen) atoms. The first-order chi connectivity index (χ1) is 11.8. The van der Waals surface area contributed by atoms with Crippen molar-refractivity contribution in [3.63, 3.8) is 0 Å². The van der Waals surface area contributed by atoms with Crippen molar-refractivity contribution in [1.29, 1.82) is 0 Å². The van der Waals surface area contributed by atoms with Crippen LogP contribution < -0.4 is 0 Å². The Morgan fingerprint density at radius 1 is 1.25 bits per heavy atom. The standard InChI is InChI=1S/C17H15N3O3S/c21-17(15-13(6-9-24-15)12-4-2-1-3-5-12)20-7-8-22-14(10-20)16-18-11-23-19-16/h1-6,9,11,14H,7-8,10H2/t14-/m1/s1. The van der Waals surface area contributed by atoms with E-state index in [9.17, 15) is 4.79 Å². The van der Waals surface area contributed by atoms with E-state index < -0.39 is 0 Å². The van der Waals surface area contributed by atoms with Crippen molar-refractivity contribution < 1.29 is 14.1 Å². The number of morpholine rings is 1. The predicted octanol–water partition coefficient (Wildman–Crippen LogP) is 3.01. The van der Waals surface area contributed by atoms with E-state index in [2.05, 4.69) is 10.1 Å². The molecule has 4 rings (SSSR count). The molecule has 6 nitrogen and oxygen atoms in total. The maximum absolute atomic E-state index is 13.0. The summed E-state index contributed by atoms with van der Waals surface area (Å²) in [6, 6.07) is 11.9. The van der Waals surface area contributed by atoms with E-state index in [0.29, 0.717) is 25.5 Å². The minimum absolute atomic E-state index is 0.0145. The minimum atomic E-state index is -0.346. The lowest BCUT2D eigenvalue weighted by Crippen LogP contribution is -2.42. The Morgan fingerprint density at radius 3 is 2.92 bits per heavy atom. The largest absolute Gasteiger partial charge is 0.366 e. The molecule has 1 aliphatic rings. The Hall–Kier alpha value is -2.51. The molecule has 3 aromatic rings. The van der Waals surface area contributed by atoms with Gasteiger partial charge in [-0.15, -0.1) is 11.3 Å². The highest BCUT2D eigenvalue weighted by Crippen LogP contribution is 2.30. The number of aromatic nitrogens is 2. The van der Waals surface area contributed by atoms with E-state index in [1.54, 1.807) is 4.90 Å². The number of hydrogen-bond acceptors (Lipinski definition) is 6. The van der Waals surface area contributed by atoms with Crippen LogP contribution in [0.2, 0.25) is 0 Å². The van der Waals surface area contributed by atoms with Crippen LogP contribution in [0, 0.1) is 0 Å². The number of ether oxygens (including phenoxy) is 1. The molecule has 3 heterocycles. The molecule has 122 valence electrons. The third kappa shape index (κ3) is 2.83. The summed E-state index contributed by atoms with van der Waals surface area (Å²) in [4.78, 5) is 19.5. The van der Waals surface area contributed by atoms with Crippen molar-refractivity contribution in [1.82, 2.24) is 15.0 Å². The SMILES string of the molecule is O=C(c1sccc1-c1ccccc1)N1CCO[C@@H](c2ncon2)C1. The van der Waals surface area contributed by atoms with E-state index in [4.69, 9.17) is 9.26 Å². The number of benzene rings is 1. The zero-order valence-corrected chi connectivity index (χ0v) is 13.6. The van der Waals surface area contributed by atoms with Crippen LogP contribution in [0.4, 0.5) is 0 Å². The lowest BCUT2D eigenvalue weighted by molar-refractivity contribution is -0.0274. The zero-order chi connectivity index (χ0) is 16.4. The van der Waals surface area contributed by atoms with Crippen LogP contribution in [0.3, 0.4) is 0 Å². The van der Waals surface area contributed by atoms with Gasteiger partial charge in [0, 0.05) is 12.1 Å². The summed E-state index contributed by atoms with van der Waals surface area (Å²) < 4.78 is 10.4. The molecule has 1 atom stereocenters. The molecule has 0 unspecified atom stereocenters. The van der Waals surface area contributed by atoms with Crippen molar-refractivity contribution >= 4 is 17.2 Å². The van der Waals surface area contributed by atoms with Gasteiger partial charge in [-0.2, -0.15) is 4.98 Å². The maximum Gasteiger partial charge on any atom is 0.264 e. The zero-order valence-electron chi connectivity index (χ0n) is 12.8. The first kappa shape index (κ1) is 15.0. The van der Waals surface area contributed by atoms with Gasteiger partial charge in [-0.25, -0.2) is 0 Å². The van der Waals surface area contributed by atoms with Crippen LogP contribution in [0.5, 0.6) is 0 Å². The number of thiophene rings is 1. The van der Waals surface area contributed by atoms with Gasteiger partial charge in [0.05, 0.1) is 18.0 Å². The van der Waals surface area contributed by atoms with Crippen molar-refractivity contribution in [3.8, 4) is 11.1 Å². The summed E-state index contributed by atoms with van der Waals surface area (Å²) in [7, 11) is 0. The minimum Gasteiger partial charge on any atom is -0.366 e. The van der Waals surface area contributed by atoms with Crippen molar-refractivity contribution in [2.75, 3.05) is 19.7 Å². The molecule has 1 saturated heterocycles. The Balaban J connectivity index is 1.57. The molecule has 2 aromatic heterocycles. The first-order valence-corrected chi connectivity index (χ1v) is 8.51. The molecule has 1 aromatic carbocycles. The fourth-order valence-electron chi connectivity index (χ4n) is 2.77. The second-order valence-electron chi connectivity index (χ2n) is 5.43. The Kier molecular flexibility index (Phi) is 4.10. The van der Waals surface area contributed by atoms with E-state index in [-0.39, 0.29) is 12.0 Å². The molecule has 0 aliphatic carbocycles.